The van der Waals surface area contributed by atoms with Crippen LogP contribution in [0.3, 0.4) is 0 Å². The molecule has 3 N–H and O–H groups in total. The fraction of sp³-hybridized carbons (Fsp3) is 0.769. The lowest BCUT2D eigenvalue weighted by molar-refractivity contribution is -0.139. The number of ether oxygens (including phenoxy) is 1. The van der Waals surface area contributed by atoms with E-state index < -0.39 is 18.2 Å². The van der Waals surface area contributed by atoms with E-state index in [9.17, 15) is 15.0 Å². The van der Waals surface area contributed by atoms with Gasteiger partial charge in [-0.2, -0.15) is 0 Å². The number of aliphatic hydroxyl groups excluding tert-OH is 3. The fourth-order valence-corrected chi connectivity index (χ4v) is 1.43. The van der Waals surface area contributed by atoms with Crippen LogP contribution in [0.15, 0.2) is 12.2 Å². The second-order valence-electron chi connectivity index (χ2n) is 4.41. The zero-order valence-corrected chi connectivity index (χ0v) is 11.0. The van der Waals surface area contributed by atoms with Gasteiger partial charge in [0.25, 0.3) is 0 Å². The molecule has 0 aromatic heterocycles. The topological polar surface area (TPSA) is 87.0 Å². The maximum Gasteiger partial charge on any atom is 0.333 e. The van der Waals surface area contributed by atoms with Gasteiger partial charge in [-0.15, -0.1) is 0 Å². The minimum atomic E-state index is -0.813. The third-order valence-electron chi connectivity index (χ3n) is 2.58. The molecule has 0 radical (unpaired) electrons. The van der Waals surface area contributed by atoms with Crippen molar-refractivity contribution in [2.24, 2.45) is 0 Å². The molecule has 0 bridgehead atoms. The molecule has 2 atom stereocenters. The lowest BCUT2D eigenvalue weighted by atomic mass is 10.0. The van der Waals surface area contributed by atoms with E-state index in [1.165, 1.54) is 0 Å². The quantitative estimate of drug-likeness (QED) is 0.307. The van der Waals surface area contributed by atoms with Gasteiger partial charge in [0.1, 0.15) is 0 Å². The van der Waals surface area contributed by atoms with Crippen LogP contribution in [-0.2, 0) is 9.53 Å². The minimum Gasteiger partial charge on any atom is -0.462 e. The standard InChI is InChI=1S/C13H24O5/c1-10(2)13(17)18-9-5-7-12(16)11(15)6-3-4-8-14/h11-12,14-16H,1,3-9H2,2H3. The predicted octanol–water partition coefficient (Wildman–Crippen LogP) is 0.770. The molecule has 5 heteroatoms. The van der Waals surface area contributed by atoms with Crippen LogP contribution in [0, 0.1) is 0 Å². The number of hydrogen-bond donors (Lipinski definition) is 3. The molecule has 0 amide bonds. The van der Waals surface area contributed by atoms with Crippen LogP contribution >= 0.6 is 0 Å². The molecule has 0 heterocycles. The van der Waals surface area contributed by atoms with Crippen molar-refractivity contribution < 1.29 is 24.9 Å². The summed E-state index contributed by atoms with van der Waals surface area (Å²) < 4.78 is 4.87. The molecular formula is C13H24O5. The van der Waals surface area contributed by atoms with Gasteiger partial charge in [-0.3, -0.25) is 0 Å². The lowest BCUT2D eigenvalue weighted by Crippen LogP contribution is -2.26. The Morgan fingerprint density at radius 1 is 1.17 bits per heavy atom. The van der Waals surface area contributed by atoms with Crippen molar-refractivity contribution in [3.05, 3.63) is 12.2 Å². The number of rotatable bonds is 10. The summed E-state index contributed by atoms with van der Waals surface area (Å²) in [5, 5.41) is 27.8. The number of carbonyl (C=O) groups excluding carboxylic acids is 1. The molecule has 0 aromatic rings. The van der Waals surface area contributed by atoms with Gasteiger partial charge in [0.05, 0.1) is 18.8 Å². The van der Waals surface area contributed by atoms with E-state index >= 15 is 0 Å². The molecule has 0 rings (SSSR count). The summed E-state index contributed by atoms with van der Waals surface area (Å²) in [6.07, 6.45) is 1.05. The van der Waals surface area contributed by atoms with E-state index in [1.54, 1.807) is 6.92 Å². The molecule has 5 nitrogen and oxygen atoms in total. The molecule has 0 saturated heterocycles. The Morgan fingerprint density at radius 3 is 2.22 bits per heavy atom. The van der Waals surface area contributed by atoms with Crippen LogP contribution < -0.4 is 0 Å². The van der Waals surface area contributed by atoms with Gasteiger partial charge in [-0.05, 0) is 39.0 Å². The third-order valence-corrected chi connectivity index (χ3v) is 2.58. The van der Waals surface area contributed by atoms with Gasteiger partial charge in [0.15, 0.2) is 0 Å². The molecule has 0 fully saturated rings. The van der Waals surface area contributed by atoms with Crippen molar-refractivity contribution in [1.82, 2.24) is 0 Å². The monoisotopic (exact) mass is 260 g/mol. The number of unbranched alkanes of at least 4 members (excludes halogenated alkanes) is 1. The van der Waals surface area contributed by atoms with Gasteiger partial charge in [-0.1, -0.05) is 6.58 Å². The van der Waals surface area contributed by atoms with Crippen LogP contribution in [-0.4, -0.2) is 46.7 Å². The van der Waals surface area contributed by atoms with E-state index in [0.29, 0.717) is 37.7 Å². The number of esters is 1. The first-order chi connectivity index (χ1) is 8.49. The van der Waals surface area contributed by atoms with Crippen LogP contribution in [0.5, 0.6) is 0 Å². The van der Waals surface area contributed by atoms with Crippen LogP contribution in [0.1, 0.15) is 39.0 Å². The molecule has 0 aliphatic rings. The smallest absolute Gasteiger partial charge is 0.333 e. The molecule has 0 saturated carbocycles. The summed E-state index contributed by atoms with van der Waals surface area (Å²) in [6.45, 7) is 5.34. The predicted molar refractivity (Wildman–Crippen MR) is 68.0 cm³/mol. The Bertz CT molecular complexity index is 252. The Hall–Kier alpha value is -0.910. The van der Waals surface area contributed by atoms with Crippen molar-refractivity contribution >= 4 is 5.97 Å². The second kappa shape index (κ2) is 10.1. The summed E-state index contributed by atoms with van der Waals surface area (Å²) in [4.78, 5) is 11.0. The third kappa shape index (κ3) is 8.22. The summed E-state index contributed by atoms with van der Waals surface area (Å²) in [5.41, 5.74) is 0.347. The van der Waals surface area contributed by atoms with Crippen LogP contribution in [0.2, 0.25) is 0 Å². The van der Waals surface area contributed by atoms with Crippen LogP contribution in [0.25, 0.3) is 0 Å². The zero-order valence-electron chi connectivity index (χ0n) is 11.0. The fourth-order valence-electron chi connectivity index (χ4n) is 1.43. The summed E-state index contributed by atoms with van der Waals surface area (Å²) in [5.74, 6) is -0.437. The first kappa shape index (κ1) is 17.1. The first-order valence-electron chi connectivity index (χ1n) is 6.28. The highest BCUT2D eigenvalue weighted by Crippen LogP contribution is 2.10. The number of aliphatic hydroxyl groups is 3. The maximum absolute atomic E-state index is 11.0. The van der Waals surface area contributed by atoms with Crippen molar-refractivity contribution in [2.75, 3.05) is 13.2 Å². The Labute approximate surface area is 108 Å². The normalized spacial score (nSPS) is 14.0. The Morgan fingerprint density at radius 2 is 1.72 bits per heavy atom. The van der Waals surface area contributed by atoms with E-state index in [1.807, 2.05) is 0 Å². The van der Waals surface area contributed by atoms with E-state index in [0.717, 1.165) is 0 Å². The van der Waals surface area contributed by atoms with Crippen molar-refractivity contribution in [3.63, 3.8) is 0 Å². The highest BCUT2D eigenvalue weighted by atomic mass is 16.5. The van der Waals surface area contributed by atoms with Gasteiger partial charge >= 0.3 is 5.97 Å². The molecule has 0 aliphatic heterocycles. The number of carbonyl (C=O) groups is 1. The Balaban J connectivity index is 3.60. The second-order valence-corrected chi connectivity index (χ2v) is 4.41. The molecule has 0 spiro atoms. The molecule has 2 unspecified atom stereocenters. The largest absolute Gasteiger partial charge is 0.462 e. The minimum absolute atomic E-state index is 0.0969. The van der Waals surface area contributed by atoms with Crippen molar-refractivity contribution in [1.29, 1.82) is 0 Å². The molecular weight excluding hydrogens is 236 g/mol. The van der Waals surface area contributed by atoms with Gasteiger partial charge in [0.2, 0.25) is 0 Å². The molecule has 0 aliphatic carbocycles. The summed E-state index contributed by atoms with van der Waals surface area (Å²) >= 11 is 0. The zero-order chi connectivity index (χ0) is 14.0. The van der Waals surface area contributed by atoms with E-state index in [4.69, 9.17) is 9.84 Å². The molecule has 106 valence electrons. The maximum atomic E-state index is 11.0. The first-order valence-corrected chi connectivity index (χ1v) is 6.28. The lowest BCUT2D eigenvalue weighted by Gasteiger charge is -2.17. The van der Waals surface area contributed by atoms with Gasteiger partial charge in [-0.25, -0.2) is 4.79 Å². The summed E-state index contributed by atoms with van der Waals surface area (Å²) in [7, 11) is 0. The van der Waals surface area contributed by atoms with Crippen molar-refractivity contribution in [2.45, 2.75) is 51.2 Å². The average Bonchev–Trinajstić information content (AvgIpc) is 2.33. The highest BCUT2D eigenvalue weighted by Gasteiger charge is 2.15. The SMILES string of the molecule is C=C(C)C(=O)OCCCC(O)C(O)CCCCO. The molecule has 18 heavy (non-hydrogen) atoms. The van der Waals surface area contributed by atoms with Gasteiger partial charge < -0.3 is 20.1 Å². The number of hydrogen-bond acceptors (Lipinski definition) is 5. The van der Waals surface area contributed by atoms with Gasteiger partial charge in [0, 0.05) is 12.2 Å². The van der Waals surface area contributed by atoms with E-state index in [2.05, 4.69) is 6.58 Å². The molecule has 0 aromatic carbocycles. The average molecular weight is 260 g/mol. The summed E-state index contributed by atoms with van der Waals surface area (Å²) in [6, 6.07) is 0. The highest BCUT2D eigenvalue weighted by molar-refractivity contribution is 5.86. The Kier molecular flexibility index (Phi) is 9.55. The van der Waals surface area contributed by atoms with Crippen molar-refractivity contribution in [3.8, 4) is 0 Å². The van der Waals surface area contributed by atoms with E-state index in [-0.39, 0.29) is 13.2 Å². The van der Waals surface area contributed by atoms with Crippen LogP contribution in [0.4, 0.5) is 0 Å².